The summed E-state index contributed by atoms with van der Waals surface area (Å²) in [5.41, 5.74) is 3.22. The summed E-state index contributed by atoms with van der Waals surface area (Å²) in [6.45, 7) is 2.18. The van der Waals surface area contributed by atoms with Crippen molar-refractivity contribution in [3.63, 3.8) is 0 Å². The molecule has 1 atom stereocenters. The molecule has 0 fully saturated rings. The van der Waals surface area contributed by atoms with Crippen LogP contribution in [-0.4, -0.2) is 12.3 Å². The predicted molar refractivity (Wildman–Crippen MR) is 53.2 cm³/mol. The van der Waals surface area contributed by atoms with Crippen molar-refractivity contribution in [2.24, 2.45) is 0 Å². The summed E-state index contributed by atoms with van der Waals surface area (Å²) < 4.78 is 0. The molecule has 1 aliphatic rings. The normalized spacial score (nSPS) is 20.2. The highest BCUT2D eigenvalue weighted by Crippen LogP contribution is 2.24. The molecule has 1 aromatic carbocycles. The van der Waals surface area contributed by atoms with Gasteiger partial charge in [-0.05, 0) is 43.5 Å². The van der Waals surface area contributed by atoms with Gasteiger partial charge in [0.2, 0.25) is 0 Å². The SMILES string of the molecule is CC1CCc2cc(C=O)ccc2N1. The van der Waals surface area contributed by atoms with E-state index in [0.717, 1.165) is 24.7 Å². The quantitative estimate of drug-likeness (QED) is 0.663. The molecule has 68 valence electrons. The van der Waals surface area contributed by atoms with Crippen LogP contribution < -0.4 is 5.32 Å². The molecule has 0 radical (unpaired) electrons. The summed E-state index contributed by atoms with van der Waals surface area (Å²) in [7, 11) is 0. The number of carbonyl (C=O) groups excluding carboxylic acids is 1. The number of aryl methyl sites for hydroxylation is 1. The van der Waals surface area contributed by atoms with E-state index in [4.69, 9.17) is 0 Å². The first-order chi connectivity index (χ1) is 6.29. The summed E-state index contributed by atoms with van der Waals surface area (Å²) in [6.07, 6.45) is 3.12. The predicted octanol–water partition coefficient (Wildman–Crippen LogP) is 2.25. The summed E-state index contributed by atoms with van der Waals surface area (Å²) in [4.78, 5) is 10.5. The highest BCUT2D eigenvalue weighted by Gasteiger charge is 2.13. The Morgan fingerprint density at radius 1 is 1.54 bits per heavy atom. The summed E-state index contributed by atoms with van der Waals surface area (Å²) >= 11 is 0. The van der Waals surface area contributed by atoms with Gasteiger partial charge in [0.25, 0.3) is 0 Å². The van der Waals surface area contributed by atoms with Gasteiger partial charge in [-0.15, -0.1) is 0 Å². The lowest BCUT2D eigenvalue weighted by Gasteiger charge is -2.24. The van der Waals surface area contributed by atoms with Crippen LogP contribution in [0.2, 0.25) is 0 Å². The van der Waals surface area contributed by atoms with Crippen LogP contribution in [0.3, 0.4) is 0 Å². The van der Waals surface area contributed by atoms with Crippen molar-refractivity contribution < 1.29 is 4.79 Å². The minimum Gasteiger partial charge on any atom is -0.382 e. The van der Waals surface area contributed by atoms with E-state index in [0.29, 0.717) is 6.04 Å². The Balaban J connectivity index is 2.36. The third-order valence-electron chi connectivity index (χ3n) is 2.51. The van der Waals surface area contributed by atoms with Gasteiger partial charge >= 0.3 is 0 Å². The zero-order valence-corrected chi connectivity index (χ0v) is 7.71. The van der Waals surface area contributed by atoms with E-state index in [1.807, 2.05) is 18.2 Å². The summed E-state index contributed by atoms with van der Waals surface area (Å²) in [6, 6.07) is 6.38. The zero-order valence-electron chi connectivity index (χ0n) is 7.71. The Hall–Kier alpha value is -1.31. The first-order valence-electron chi connectivity index (χ1n) is 4.64. The molecule has 1 aromatic rings. The standard InChI is InChI=1S/C11H13NO/c1-8-2-4-10-6-9(7-13)3-5-11(10)12-8/h3,5-8,12H,2,4H2,1H3. The van der Waals surface area contributed by atoms with Gasteiger partial charge in [0.15, 0.2) is 0 Å². The molecular weight excluding hydrogens is 162 g/mol. The maximum Gasteiger partial charge on any atom is 0.150 e. The molecule has 1 unspecified atom stereocenters. The van der Waals surface area contributed by atoms with E-state index in [-0.39, 0.29) is 0 Å². The maximum atomic E-state index is 10.5. The molecular formula is C11H13NO. The van der Waals surface area contributed by atoms with Crippen LogP contribution in [-0.2, 0) is 6.42 Å². The van der Waals surface area contributed by atoms with Crippen molar-refractivity contribution in [2.45, 2.75) is 25.8 Å². The fourth-order valence-corrected chi connectivity index (χ4v) is 1.74. The number of carbonyl (C=O) groups is 1. The van der Waals surface area contributed by atoms with Gasteiger partial charge in [-0.3, -0.25) is 4.79 Å². The number of anilines is 1. The smallest absolute Gasteiger partial charge is 0.150 e. The third kappa shape index (κ3) is 1.57. The Morgan fingerprint density at radius 3 is 3.15 bits per heavy atom. The molecule has 0 saturated carbocycles. The molecule has 0 aliphatic carbocycles. The molecule has 0 saturated heterocycles. The Kier molecular flexibility index (Phi) is 2.05. The maximum absolute atomic E-state index is 10.5. The number of rotatable bonds is 1. The average molecular weight is 175 g/mol. The fourth-order valence-electron chi connectivity index (χ4n) is 1.74. The van der Waals surface area contributed by atoms with Crippen LogP contribution >= 0.6 is 0 Å². The van der Waals surface area contributed by atoms with Crippen molar-refractivity contribution in [1.29, 1.82) is 0 Å². The van der Waals surface area contributed by atoms with E-state index in [1.165, 1.54) is 11.3 Å². The lowest BCUT2D eigenvalue weighted by molar-refractivity contribution is 0.112. The second-order valence-corrected chi connectivity index (χ2v) is 3.62. The lowest BCUT2D eigenvalue weighted by atomic mass is 9.97. The van der Waals surface area contributed by atoms with E-state index >= 15 is 0 Å². The van der Waals surface area contributed by atoms with Crippen LogP contribution in [0.15, 0.2) is 18.2 Å². The number of fused-ring (bicyclic) bond motifs is 1. The van der Waals surface area contributed by atoms with Crippen LogP contribution in [0.25, 0.3) is 0 Å². The topological polar surface area (TPSA) is 29.1 Å². The Labute approximate surface area is 78.0 Å². The number of hydrogen-bond acceptors (Lipinski definition) is 2. The second kappa shape index (κ2) is 3.21. The van der Waals surface area contributed by atoms with E-state index < -0.39 is 0 Å². The Bertz CT molecular complexity index is 333. The van der Waals surface area contributed by atoms with Gasteiger partial charge in [0.05, 0.1) is 0 Å². The molecule has 0 spiro atoms. The van der Waals surface area contributed by atoms with Crippen LogP contribution in [0.4, 0.5) is 5.69 Å². The second-order valence-electron chi connectivity index (χ2n) is 3.62. The van der Waals surface area contributed by atoms with Crippen molar-refractivity contribution in [3.05, 3.63) is 29.3 Å². The Morgan fingerprint density at radius 2 is 2.38 bits per heavy atom. The van der Waals surface area contributed by atoms with Gasteiger partial charge in [-0.1, -0.05) is 0 Å². The van der Waals surface area contributed by atoms with Gasteiger partial charge in [-0.25, -0.2) is 0 Å². The highest BCUT2D eigenvalue weighted by molar-refractivity contribution is 5.77. The lowest BCUT2D eigenvalue weighted by Crippen LogP contribution is -2.21. The monoisotopic (exact) mass is 175 g/mol. The molecule has 0 amide bonds. The van der Waals surface area contributed by atoms with E-state index in [2.05, 4.69) is 12.2 Å². The van der Waals surface area contributed by atoms with Gasteiger partial charge in [0.1, 0.15) is 6.29 Å². The van der Waals surface area contributed by atoms with Crippen molar-refractivity contribution in [2.75, 3.05) is 5.32 Å². The van der Waals surface area contributed by atoms with Gasteiger partial charge < -0.3 is 5.32 Å². The van der Waals surface area contributed by atoms with Crippen LogP contribution in [0.5, 0.6) is 0 Å². The molecule has 2 heteroatoms. The number of aldehydes is 1. The molecule has 0 bridgehead atoms. The molecule has 2 nitrogen and oxygen atoms in total. The van der Waals surface area contributed by atoms with E-state index in [9.17, 15) is 4.79 Å². The largest absolute Gasteiger partial charge is 0.382 e. The minimum absolute atomic E-state index is 0.551. The van der Waals surface area contributed by atoms with E-state index in [1.54, 1.807) is 0 Å². The van der Waals surface area contributed by atoms with Crippen molar-refractivity contribution in [1.82, 2.24) is 0 Å². The van der Waals surface area contributed by atoms with Crippen molar-refractivity contribution in [3.8, 4) is 0 Å². The van der Waals surface area contributed by atoms with Gasteiger partial charge in [-0.2, -0.15) is 0 Å². The molecule has 0 aromatic heterocycles. The van der Waals surface area contributed by atoms with Crippen LogP contribution in [0, 0.1) is 0 Å². The average Bonchev–Trinajstić information content (AvgIpc) is 2.17. The zero-order chi connectivity index (χ0) is 9.26. The number of benzene rings is 1. The number of nitrogens with one attached hydrogen (secondary N) is 1. The van der Waals surface area contributed by atoms with Crippen LogP contribution in [0.1, 0.15) is 29.3 Å². The molecule has 1 aliphatic heterocycles. The summed E-state index contributed by atoms with van der Waals surface area (Å²) in [5.74, 6) is 0. The summed E-state index contributed by atoms with van der Waals surface area (Å²) in [5, 5.41) is 3.40. The molecule has 1 N–H and O–H groups in total. The molecule has 2 rings (SSSR count). The fraction of sp³-hybridized carbons (Fsp3) is 0.364. The number of hydrogen-bond donors (Lipinski definition) is 1. The first-order valence-corrected chi connectivity index (χ1v) is 4.64. The molecule has 1 heterocycles. The third-order valence-corrected chi connectivity index (χ3v) is 2.51. The first kappa shape index (κ1) is 8.30. The van der Waals surface area contributed by atoms with Gasteiger partial charge in [0, 0.05) is 17.3 Å². The van der Waals surface area contributed by atoms with Crippen molar-refractivity contribution >= 4 is 12.0 Å². The minimum atomic E-state index is 0.551. The molecule has 13 heavy (non-hydrogen) atoms. The highest BCUT2D eigenvalue weighted by atomic mass is 16.1.